The van der Waals surface area contributed by atoms with E-state index < -0.39 is 57.5 Å². The number of amides is 2. The van der Waals surface area contributed by atoms with Crippen LogP contribution in [0, 0.1) is 17.5 Å². The third-order valence-corrected chi connectivity index (χ3v) is 10.3. The van der Waals surface area contributed by atoms with Crippen LogP contribution in [0.5, 0.6) is 0 Å². The van der Waals surface area contributed by atoms with E-state index in [9.17, 15) is 26.8 Å². The zero-order valence-electron chi connectivity index (χ0n) is 26.6. The van der Waals surface area contributed by atoms with E-state index in [2.05, 4.69) is 20.9 Å². The van der Waals surface area contributed by atoms with Gasteiger partial charge < -0.3 is 20.7 Å². The molecule has 2 heterocycles. The maximum atomic E-state index is 15.3. The Bertz CT molecular complexity index is 1840. The SMILES string of the molecule is COC(=O)N[C@H](C(=O)Nc1cncc(F)c1CCC[C@H]1CNCCN1S(=O)(=O)c1ccccc1)C(c1cccc(F)c1)c1cccc(F)c1. The van der Waals surface area contributed by atoms with Crippen LogP contribution in [0.25, 0.3) is 0 Å². The van der Waals surface area contributed by atoms with Crippen molar-refractivity contribution in [2.24, 2.45) is 0 Å². The average Bonchev–Trinajstić information content (AvgIpc) is 3.09. The Hall–Kier alpha value is -4.79. The molecule has 1 aliphatic heterocycles. The normalized spacial score (nSPS) is 15.8. The van der Waals surface area contributed by atoms with Crippen LogP contribution >= 0.6 is 0 Å². The van der Waals surface area contributed by atoms with Crippen molar-refractivity contribution >= 4 is 27.7 Å². The first-order chi connectivity index (χ1) is 23.6. The standard InChI is InChI=1S/C35H36F3N5O5S/c1-48-35(45)42-33(32(23-8-5-10-25(36)18-23)24-9-6-11-26(37)19-24)34(44)41-31-22-40-21-30(38)29(31)15-7-12-27-20-39-16-17-43(27)49(46,47)28-13-3-2-4-14-28/h2-6,8-11,13-14,18-19,21-22,27,32-33,39H,7,12,15-17,20H2,1H3,(H,41,44)(H,42,45)/t27-,33-/m0/s1. The van der Waals surface area contributed by atoms with Gasteiger partial charge in [0, 0.05) is 37.2 Å². The number of anilines is 1. The van der Waals surface area contributed by atoms with Gasteiger partial charge in [0.25, 0.3) is 0 Å². The minimum absolute atomic E-state index is 0.0226. The number of sulfonamides is 1. The van der Waals surface area contributed by atoms with Gasteiger partial charge in [-0.25, -0.2) is 26.4 Å². The Morgan fingerprint density at radius 2 is 1.65 bits per heavy atom. The number of ether oxygens (including phenoxy) is 1. The van der Waals surface area contributed by atoms with Crippen LogP contribution < -0.4 is 16.0 Å². The fraction of sp³-hybridized carbons (Fsp3) is 0.286. The van der Waals surface area contributed by atoms with E-state index in [1.165, 1.54) is 59.0 Å². The Balaban J connectivity index is 1.39. The van der Waals surface area contributed by atoms with Crippen LogP contribution in [0.4, 0.5) is 23.7 Å². The van der Waals surface area contributed by atoms with Gasteiger partial charge in [-0.1, -0.05) is 42.5 Å². The van der Waals surface area contributed by atoms with Crippen molar-refractivity contribution in [2.75, 3.05) is 32.1 Å². The maximum absolute atomic E-state index is 15.3. The van der Waals surface area contributed by atoms with Gasteiger partial charge in [-0.05, 0) is 66.8 Å². The van der Waals surface area contributed by atoms with Gasteiger partial charge in [-0.2, -0.15) is 4.31 Å². The Morgan fingerprint density at radius 3 is 2.29 bits per heavy atom. The molecule has 0 aliphatic carbocycles. The van der Waals surface area contributed by atoms with Crippen LogP contribution in [0.3, 0.4) is 0 Å². The predicted octanol–water partition coefficient (Wildman–Crippen LogP) is 4.98. The number of nitrogens with zero attached hydrogens (tertiary/aromatic N) is 2. The molecule has 2 atom stereocenters. The number of piperazine rings is 1. The lowest BCUT2D eigenvalue weighted by Crippen LogP contribution is -2.53. The third kappa shape index (κ3) is 8.63. The molecule has 4 aromatic rings. The molecule has 0 unspecified atom stereocenters. The number of alkyl carbamates (subject to hydrolysis) is 1. The molecule has 2 amide bonds. The van der Waals surface area contributed by atoms with Crippen LogP contribution in [-0.2, 0) is 26.0 Å². The first-order valence-corrected chi connectivity index (χ1v) is 17.1. The molecule has 1 aliphatic rings. The average molecular weight is 696 g/mol. The smallest absolute Gasteiger partial charge is 0.407 e. The Labute approximate surface area is 282 Å². The summed E-state index contributed by atoms with van der Waals surface area (Å²) >= 11 is 0. The zero-order chi connectivity index (χ0) is 35.0. The molecule has 3 N–H and O–H groups in total. The maximum Gasteiger partial charge on any atom is 0.407 e. The van der Waals surface area contributed by atoms with Gasteiger partial charge in [-0.15, -0.1) is 0 Å². The van der Waals surface area contributed by atoms with Gasteiger partial charge in [-0.3, -0.25) is 9.78 Å². The first-order valence-electron chi connectivity index (χ1n) is 15.6. The number of pyridine rings is 1. The van der Waals surface area contributed by atoms with Crippen LogP contribution in [0.1, 0.15) is 35.4 Å². The summed E-state index contributed by atoms with van der Waals surface area (Å²) in [4.78, 5) is 30.6. The molecule has 0 saturated carbocycles. The van der Waals surface area contributed by atoms with Crippen molar-refractivity contribution in [3.63, 3.8) is 0 Å². The molecule has 1 aromatic heterocycles. The lowest BCUT2D eigenvalue weighted by molar-refractivity contribution is -0.118. The number of carbonyl (C=O) groups is 2. The molecule has 49 heavy (non-hydrogen) atoms. The van der Waals surface area contributed by atoms with Gasteiger partial charge in [0.2, 0.25) is 15.9 Å². The summed E-state index contributed by atoms with van der Waals surface area (Å²) in [6.45, 7) is 1.18. The largest absolute Gasteiger partial charge is 0.453 e. The van der Waals surface area contributed by atoms with Crippen molar-refractivity contribution in [2.45, 2.75) is 42.2 Å². The number of hydrogen-bond acceptors (Lipinski definition) is 7. The molecule has 1 saturated heterocycles. The lowest BCUT2D eigenvalue weighted by atomic mass is 9.84. The third-order valence-electron chi connectivity index (χ3n) is 8.36. The van der Waals surface area contributed by atoms with Crippen molar-refractivity contribution in [1.82, 2.24) is 19.9 Å². The first kappa shape index (κ1) is 35.5. The molecule has 3 aromatic carbocycles. The summed E-state index contributed by atoms with van der Waals surface area (Å²) in [5, 5.41) is 8.35. The summed E-state index contributed by atoms with van der Waals surface area (Å²) in [6.07, 6.45) is 2.15. The van der Waals surface area contributed by atoms with E-state index in [1.807, 2.05) is 0 Å². The summed E-state index contributed by atoms with van der Waals surface area (Å²) in [7, 11) is -2.66. The molecule has 10 nitrogen and oxygen atoms in total. The van der Waals surface area contributed by atoms with Crippen molar-refractivity contribution in [1.29, 1.82) is 0 Å². The van der Waals surface area contributed by atoms with Crippen molar-refractivity contribution < 1.29 is 35.9 Å². The van der Waals surface area contributed by atoms with E-state index in [4.69, 9.17) is 4.74 Å². The van der Waals surface area contributed by atoms with E-state index >= 15 is 4.39 Å². The molecular weight excluding hydrogens is 659 g/mol. The number of benzene rings is 3. The second kappa shape index (κ2) is 16.1. The number of methoxy groups -OCH3 is 1. The van der Waals surface area contributed by atoms with Gasteiger partial charge in [0.15, 0.2) is 0 Å². The highest BCUT2D eigenvalue weighted by molar-refractivity contribution is 7.89. The summed E-state index contributed by atoms with van der Waals surface area (Å²) in [6, 6.07) is 17.0. The van der Waals surface area contributed by atoms with E-state index in [-0.39, 0.29) is 40.2 Å². The molecule has 258 valence electrons. The summed E-state index contributed by atoms with van der Waals surface area (Å²) in [5.74, 6) is -3.84. The molecular formula is C35H36F3N5O5S. The van der Waals surface area contributed by atoms with Crippen LogP contribution in [-0.4, -0.2) is 68.5 Å². The topological polar surface area (TPSA) is 130 Å². The lowest BCUT2D eigenvalue weighted by Gasteiger charge is -2.35. The minimum atomic E-state index is -3.76. The molecule has 0 radical (unpaired) electrons. The molecule has 0 bridgehead atoms. The highest BCUT2D eigenvalue weighted by Gasteiger charge is 2.35. The molecule has 1 fully saturated rings. The van der Waals surface area contributed by atoms with Crippen LogP contribution in [0.15, 0.2) is 96.2 Å². The van der Waals surface area contributed by atoms with Gasteiger partial charge >= 0.3 is 6.09 Å². The zero-order valence-corrected chi connectivity index (χ0v) is 27.4. The monoisotopic (exact) mass is 695 g/mol. The van der Waals surface area contributed by atoms with Gasteiger partial charge in [0.1, 0.15) is 23.5 Å². The Morgan fingerprint density at radius 1 is 0.980 bits per heavy atom. The minimum Gasteiger partial charge on any atom is -0.453 e. The fourth-order valence-electron chi connectivity index (χ4n) is 6.04. The number of aromatic nitrogens is 1. The number of nitrogens with one attached hydrogen (secondary N) is 3. The number of halogens is 3. The van der Waals surface area contributed by atoms with Crippen molar-refractivity contribution in [3.05, 3.63) is 125 Å². The van der Waals surface area contributed by atoms with E-state index in [0.29, 0.717) is 25.9 Å². The van der Waals surface area contributed by atoms with E-state index in [0.717, 1.165) is 13.3 Å². The van der Waals surface area contributed by atoms with Crippen molar-refractivity contribution in [3.8, 4) is 0 Å². The number of carbonyl (C=O) groups excluding carboxylic acids is 2. The van der Waals surface area contributed by atoms with E-state index in [1.54, 1.807) is 30.3 Å². The van der Waals surface area contributed by atoms with Gasteiger partial charge in [0.05, 0.1) is 30.1 Å². The Kier molecular flexibility index (Phi) is 11.6. The molecule has 0 spiro atoms. The molecule has 14 heteroatoms. The number of hydrogen-bond donors (Lipinski definition) is 3. The number of rotatable bonds is 12. The second-order valence-electron chi connectivity index (χ2n) is 11.5. The highest BCUT2D eigenvalue weighted by Crippen LogP contribution is 2.31. The van der Waals surface area contributed by atoms with Crippen LogP contribution in [0.2, 0.25) is 0 Å². The predicted molar refractivity (Wildman–Crippen MR) is 177 cm³/mol. The second-order valence-corrected chi connectivity index (χ2v) is 13.4. The summed E-state index contributed by atoms with van der Waals surface area (Å²) in [5.41, 5.74) is 0.663. The highest BCUT2D eigenvalue weighted by atomic mass is 32.2. The quantitative estimate of drug-likeness (QED) is 0.191. The fourth-order valence-corrected chi connectivity index (χ4v) is 7.72. The molecule has 5 rings (SSSR count). The summed E-state index contributed by atoms with van der Waals surface area (Å²) < 4.78 is 77.2.